The third kappa shape index (κ3) is 2.15. The monoisotopic (exact) mass is 348 g/mol. The summed E-state index contributed by atoms with van der Waals surface area (Å²) >= 11 is 0. The minimum atomic E-state index is -4.46. The van der Waals surface area contributed by atoms with Crippen molar-refractivity contribution in [3.8, 4) is 0 Å². The zero-order valence-electron chi connectivity index (χ0n) is 12.9. The van der Waals surface area contributed by atoms with E-state index in [-0.39, 0.29) is 17.7 Å². The van der Waals surface area contributed by atoms with E-state index in [2.05, 4.69) is 4.98 Å². The van der Waals surface area contributed by atoms with Gasteiger partial charge in [0.15, 0.2) is 11.2 Å². The van der Waals surface area contributed by atoms with Crippen molar-refractivity contribution in [2.75, 3.05) is 0 Å². The fourth-order valence-corrected chi connectivity index (χ4v) is 3.00. The van der Waals surface area contributed by atoms with E-state index in [4.69, 9.17) is 0 Å². The Balaban J connectivity index is 1.96. The summed E-state index contributed by atoms with van der Waals surface area (Å²) in [5, 5.41) is 0. The summed E-state index contributed by atoms with van der Waals surface area (Å²) in [6.45, 7) is 0.140. The molecule has 0 saturated heterocycles. The molecule has 1 aromatic carbocycles. The fraction of sp³-hybridized carbons (Fsp3) is 0.188. The van der Waals surface area contributed by atoms with Crippen LogP contribution in [-0.2, 0) is 19.8 Å². The highest BCUT2D eigenvalue weighted by Crippen LogP contribution is 2.32. The molecule has 9 heteroatoms. The highest BCUT2D eigenvalue weighted by atomic mass is 19.4. The van der Waals surface area contributed by atoms with Gasteiger partial charge in [-0.05, 0) is 23.8 Å². The molecule has 1 aliphatic heterocycles. The predicted molar refractivity (Wildman–Crippen MR) is 84.1 cm³/mol. The number of imidazole rings is 1. The number of alkyl halides is 3. The average molecular weight is 348 g/mol. The highest BCUT2D eigenvalue weighted by molar-refractivity contribution is 5.80. The van der Waals surface area contributed by atoms with Gasteiger partial charge in [0, 0.05) is 13.6 Å². The summed E-state index contributed by atoms with van der Waals surface area (Å²) in [5.74, 6) is 0. The van der Waals surface area contributed by atoms with Crippen LogP contribution in [0.15, 0.2) is 46.3 Å². The van der Waals surface area contributed by atoms with E-state index in [1.807, 2.05) is 0 Å². The summed E-state index contributed by atoms with van der Waals surface area (Å²) < 4.78 is 42.7. The second-order valence-electron chi connectivity index (χ2n) is 5.71. The van der Waals surface area contributed by atoms with Crippen molar-refractivity contribution in [3.63, 3.8) is 0 Å². The second-order valence-corrected chi connectivity index (χ2v) is 5.71. The summed E-state index contributed by atoms with van der Waals surface area (Å²) in [6, 6.07) is 4.89. The van der Waals surface area contributed by atoms with E-state index in [1.54, 1.807) is 12.1 Å². The maximum absolute atomic E-state index is 13.0. The maximum Gasteiger partial charge on any atom is 0.416 e. The molecule has 6 nitrogen and oxygen atoms in total. The van der Waals surface area contributed by atoms with Crippen molar-refractivity contribution in [2.45, 2.75) is 12.7 Å². The van der Waals surface area contributed by atoms with E-state index < -0.39 is 23.0 Å². The van der Waals surface area contributed by atoms with E-state index in [0.29, 0.717) is 11.3 Å². The molecule has 1 aliphatic rings. The first kappa shape index (κ1) is 15.4. The molecular weight excluding hydrogens is 337 g/mol. The van der Waals surface area contributed by atoms with Gasteiger partial charge in [0.25, 0.3) is 5.56 Å². The SMILES string of the molecule is Cn1c(=O)c2ncn3c2n(c1=O)CC=C3c1cccc(C(F)(F)F)c1. The third-order valence-electron chi connectivity index (χ3n) is 4.24. The van der Waals surface area contributed by atoms with Crippen LogP contribution in [0.2, 0.25) is 0 Å². The van der Waals surface area contributed by atoms with Gasteiger partial charge >= 0.3 is 11.9 Å². The molecule has 0 radical (unpaired) electrons. The maximum atomic E-state index is 13.0. The standard InChI is InChI=1S/C16H11F3N4O2/c1-21-14(24)12-13-22(15(21)25)6-5-11(23(13)8-20-12)9-3-2-4-10(7-9)16(17,18)19/h2-5,7-8H,6H2,1H3. The second kappa shape index (κ2) is 4.95. The van der Waals surface area contributed by atoms with E-state index in [1.165, 1.54) is 28.6 Å². The molecule has 0 unspecified atom stereocenters. The van der Waals surface area contributed by atoms with Gasteiger partial charge in [-0.1, -0.05) is 12.1 Å². The first-order valence-corrected chi connectivity index (χ1v) is 7.34. The van der Waals surface area contributed by atoms with Gasteiger partial charge in [0.2, 0.25) is 0 Å². The van der Waals surface area contributed by atoms with Crippen molar-refractivity contribution in [1.82, 2.24) is 18.7 Å². The number of benzene rings is 1. The fourth-order valence-electron chi connectivity index (χ4n) is 3.00. The molecule has 0 saturated carbocycles. The Morgan fingerprint density at radius 3 is 2.68 bits per heavy atom. The lowest BCUT2D eigenvalue weighted by Crippen LogP contribution is -2.39. The summed E-state index contributed by atoms with van der Waals surface area (Å²) in [6.07, 6.45) is -1.48. The number of nitrogens with zero attached hydrogens (tertiary/aromatic N) is 4. The van der Waals surface area contributed by atoms with Crippen LogP contribution >= 0.6 is 0 Å². The van der Waals surface area contributed by atoms with Crippen LogP contribution in [0, 0.1) is 0 Å². The lowest BCUT2D eigenvalue weighted by atomic mass is 10.1. The Labute approximate surface area is 138 Å². The molecular formula is C16H11F3N4O2. The zero-order valence-corrected chi connectivity index (χ0v) is 12.9. The molecule has 0 spiro atoms. The first-order chi connectivity index (χ1) is 11.8. The molecule has 0 fully saturated rings. The Morgan fingerprint density at radius 2 is 1.96 bits per heavy atom. The van der Waals surface area contributed by atoms with Crippen molar-refractivity contribution >= 4 is 16.9 Å². The Bertz CT molecular complexity index is 1160. The number of rotatable bonds is 1. The molecule has 0 bridgehead atoms. The number of hydrogen-bond donors (Lipinski definition) is 0. The lowest BCUT2D eigenvalue weighted by molar-refractivity contribution is -0.137. The normalized spacial score (nSPS) is 14.0. The molecule has 2 aromatic heterocycles. The molecule has 4 rings (SSSR count). The van der Waals surface area contributed by atoms with E-state index in [9.17, 15) is 22.8 Å². The van der Waals surface area contributed by atoms with Crippen LogP contribution in [-0.4, -0.2) is 18.7 Å². The molecule has 3 aromatic rings. The van der Waals surface area contributed by atoms with Gasteiger partial charge in [0.1, 0.15) is 6.33 Å². The van der Waals surface area contributed by atoms with Crippen molar-refractivity contribution < 1.29 is 13.2 Å². The van der Waals surface area contributed by atoms with Gasteiger partial charge < -0.3 is 0 Å². The topological polar surface area (TPSA) is 61.8 Å². The Morgan fingerprint density at radius 1 is 1.20 bits per heavy atom. The van der Waals surface area contributed by atoms with Crippen LogP contribution in [0.3, 0.4) is 0 Å². The van der Waals surface area contributed by atoms with Crippen LogP contribution in [0.25, 0.3) is 16.9 Å². The molecule has 0 aliphatic carbocycles. The Hall–Kier alpha value is -3.10. The Kier molecular flexibility index (Phi) is 3.05. The molecule has 0 N–H and O–H groups in total. The van der Waals surface area contributed by atoms with E-state index in [0.717, 1.165) is 16.7 Å². The van der Waals surface area contributed by atoms with Gasteiger partial charge in [-0.15, -0.1) is 0 Å². The minimum Gasteiger partial charge on any atom is -0.284 e. The lowest BCUT2D eigenvalue weighted by Gasteiger charge is -2.19. The van der Waals surface area contributed by atoms with Crippen LogP contribution in [0.4, 0.5) is 13.2 Å². The number of aromatic nitrogens is 4. The van der Waals surface area contributed by atoms with Crippen molar-refractivity contribution in [3.05, 3.63) is 68.6 Å². The van der Waals surface area contributed by atoms with Crippen molar-refractivity contribution in [2.24, 2.45) is 7.05 Å². The summed E-state index contributed by atoms with van der Waals surface area (Å²) in [4.78, 5) is 28.5. The summed E-state index contributed by atoms with van der Waals surface area (Å²) in [7, 11) is 1.36. The van der Waals surface area contributed by atoms with Crippen LogP contribution in [0.5, 0.6) is 0 Å². The largest absolute Gasteiger partial charge is 0.416 e. The number of allylic oxidation sites excluding steroid dienone is 1. The molecule has 128 valence electrons. The molecule has 3 heterocycles. The van der Waals surface area contributed by atoms with Crippen LogP contribution < -0.4 is 11.2 Å². The van der Waals surface area contributed by atoms with Gasteiger partial charge in [-0.3, -0.25) is 18.5 Å². The van der Waals surface area contributed by atoms with E-state index >= 15 is 0 Å². The average Bonchev–Trinajstić information content (AvgIpc) is 3.02. The number of halogens is 3. The first-order valence-electron chi connectivity index (χ1n) is 7.34. The predicted octanol–water partition coefficient (Wildman–Crippen LogP) is 1.82. The summed E-state index contributed by atoms with van der Waals surface area (Å²) in [5.41, 5.74) is -0.662. The zero-order chi connectivity index (χ0) is 17.9. The van der Waals surface area contributed by atoms with Crippen molar-refractivity contribution in [1.29, 1.82) is 0 Å². The highest BCUT2D eigenvalue weighted by Gasteiger charge is 2.31. The van der Waals surface area contributed by atoms with Gasteiger partial charge in [-0.25, -0.2) is 9.78 Å². The minimum absolute atomic E-state index is 0.0969. The quantitative estimate of drug-likeness (QED) is 0.674. The smallest absolute Gasteiger partial charge is 0.284 e. The van der Waals surface area contributed by atoms with Gasteiger partial charge in [0.05, 0.1) is 11.3 Å². The molecule has 25 heavy (non-hydrogen) atoms. The van der Waals surface area contributed by atoms with Gasteiger partial charge in [-0.2, -0.15) is 13.2 Å². The third-order valence-corrected chi connectivity index (χ3v) is 4.24. The molecule has 0 amide bonds. The van der Waals surface area contributed by atoms with Crippen LogP contribution in [0.1, 0.15) is 11.1 Å². The molecule has 0 atom stereocenters. The number of hydrogen-bond acceptors (Lipinski definition) is 3.